The van der Waals surface area contributed by atoms with Crippen LogP contribution in [0.1, 0.15) is 23.5 Å². The van der Waals surface area contributed by atoms with Crippen LogP contribution in [0, 0.1) is 0 Å². The second kappa shape index (κ2) is 7.73. The Hall–Kier alpha value is -1.17. The smallest absolute Gasteiger partial charge is 0.214 e. The number of halogens is 1. The van der Waals surface area contributed by atoms with Gasteiger partial charge in [-0.25, -0.2) is 13.1 Å². The molecule has 5 heteroatoms. The number of rotatable bonds is 7. The first-order valence-corrected chi connectivity index (χ1v) is 9.53. The molecule has 0 radical (unpaired) electrons. The van der Waals surface area contributed by atoms with Crippen molar-refractivity contribution in [3.05, 3.63) is 71.8 Å². The first kappa shape index (κ1) is 16.2. The Labute approximate surface area is 134 Å². The summed E-state index contributed by atoms with van der Waals surface area (Å²) >= 11 is 2.98. The van der Waals surface area contributed by atoms with Gasteiger partial charge in [0.15, 0.2) is 0 Å². The zero-order chi connectivity index (χ0) is 15.1. The van der Waals surface area contributed by atoms with Gasteiger partial charge in [0.05, 0.1) is 0 Å². The van der Waals surface area contributed by atoms with Crippen LogP contribution in [0.15, 0.2) is 60.7 Å². The van der Waals surface area contributed by atoms with Crippen molar-refractivity contribution in [2.24, 2.45) is 0 Å². The molecule has 21 heavy (non-hydrogen) atoms. The summed E-state index contributed by atoms with van der Waals surface area (Å²) in [6.45, 7) is 0.419. The molecule has 0 aliphatic carbocycles. The molecule has 0 aliphatic heterocycles. The lowest BCUT2D eigenvalue weighted by molar-refractivity contribution is 0.580. The zero-order valence-corrected chi connectivity index (χ0v) is 14.0. The Balaban J connectivity index is 2.14. The Kier molecular flexibility index (Phi) is 5.96. The van der Waals surface area contributed by atoms with E-state index in [0.717, 1.165) is 6.42 Å². The van der Waals surface area contributed by atoms with Crippen molar-refractivity contribution in [1.82, 2.24) is 4.72 Å². The first-order valence-electron chi connectivity index (χ1n) is 6.75. The van der Waals surface area contributed by atoms with E-state index in [1.807, 2.05) is 36.4 Å². The van der Waals surface area contributed by atoms with Crippen LogP contribution in [-0.2, 0) is 10.0 Å². The molecule has 2 aromatic rings. The fourth-order valence-corrected chi connectivity index (χ4v) is 3.29. The summed E-state index contributed by atoms with van der Waals surface area (Å²) in [5.41, 5.74) is 2.39. The molecule has 0 aromatic heterocycles. The van der Waals surface area contributed by atoms with Crippen molar-refractivity contribution in [3.63, 3.8) is 0 Å². The minimum absolute atomic E-state index is 0.0681. The van der Waals surface area contributed by atoms with Crippen LogP contribution in [0.4, 0.5) is 0 Å². The molecule has 0 spiro atoms. The summed E-state index contributed by atoms with van der Waals surface area (Å²) in [6.07, 6.45) is 0.722. The third-order valence-electron chi connectivity index (χ3n) is 3.30. The molecular weight excluding hydrogens is 350 g/mol. The topological polar surface area (TPSA) is 46.2 Å². The fourth-order valence-electron chi connectivity index (χ4n) is 2.29. The van der Waals surface area contributed by atoms with Gasteiger partial charge in [0.2, 0.25) is 10.0 Å². The summed E-state index contributed by atoms with van der Waals surface area (Å²) in [4.78, 5) is 0. The normalized spacial score (nSPS) is 11.7. The average molecular weight is 368 g/mol. The Morgan fingerprint density at radius 1 is 0.905 bits per heavy atom. The molecule has 0 fully saturated rings. The highest BCUT2D eigenvalue weighted by Crippen LogP contribution is 2.27. The SMILES string of the molecule is O=S(=O)(CBr)NCCC(c1ccccc1)c1ccccc1. The van der Waals surface area contributed by atoms with Crippen molar-refractivity contribution in [1.29, 1.82) is 0 Å². The lowest BCUT2D eigenvalue weighted by Crippen LogP contribution is -2.26. The van der Waals surface area contributed by atoms with Gasteiger partial charge in [-0.3, -0.25) is 0 Å². The van der Waals surface area contributed by atoms with Gasteiger partial charge in [0.1, 0.15) is 4.66 Å². The summed E-state index contributed by atoms with van der Waals surface area (Å²) in [6, 6.07) is 20.3. The van der Waals surface area contributed by atoms with E-state index in [1.54, 1.807) is 0 Å². The van der Waals surface area contributed by atoms with Gasteiger partial charge in [-0.2, -0.15) is 0 Å². The minimum atomic E-state index is -3.21. The van der Waals surface area contributed by atoms with E-state index in [1.165, 1.54) is 11.1 Å². The number of hydrogen-bond donors (Lipinski definition) is 1. The minimum Gasteiger partial charge on any atom is -0.214 e. The highest BCUT2D eigenvalue weighted by Gasteiger charge is 2.15. The van der Waals surface area contributed by atoms with Gasteiger partial charge >= 0.3 is 0 Å². The van der Waals surface area contributed by atoms with E-state index in [2.05, 4.69) is 44.9 Å². The van der Waals surface area contributed by atoms with Crippen LogP contribution in [0.3, 0.4) is 0 Å². The maximum atomic E-state index is 11.5. The first-order chi connectivity index (χ1) is 10.1. The van der Waals surface area contributed by atoms with Crippen molar-refractivity contribution >= 4 is 26.0 Å². The fraction of sp³-hybridized carbons (Fsp3) is 0.250. The second-order valence-electron chi connectivity index (χ2n) is 4.78. The standard InChI is InChI=1S/C16H18BrNO2S/c17-13-21(19,20)18-12-11-16(14-7-3-1-4-8-14)15-9-5-2-6-10-15/h1-10,16,18H,11-13H2. The van der Waals surface area contributed by atoms with E-state index in [-0.39, 0.29) is 10.6 Å². The van der Waals surface area contributed by atoms with Gasteiger partial charge in [0, 0.05) is 12.5 Å². The van der Waals surface area contributed by atoms with Crippen LogP contribution in [0.25, 0.3) is 0 Å². The third kappa shape index (κ3) is 4.95. The molecule has 0 amide bonds. The Morgan fingerprint density at radius 2 is 1.38 bits per heavy atom. The lowest BCUT2D eigenvalue weighted by atomic mass is 9.89. The molecule has 0 bridgehead atoms. The van der Waals surface area contributed by atoms with Crippen LogP contribution < -0.4 is 4.72 Å². The van der Waals surface area contributed by atoms with Crippen molar-refractivity contribution in [2.45, 2.75) is 12.3 Å². The van der Waals surface area contributed by atoms with E-state index in [0.29, 0.717) is 6.54 Å². The summed E-state index contributed by atoms with van der Waals surface area (Å²) in [7, 11) is -3.21. The zero-order valence-electron chi connectivity index (χ0n) is 11.6. The lowest BCUT2D eigenvalue weighted by Gasteiger charge is -2.18. The van der Waals surface area contributed by atoms with Gasteiger partial charge in [-0.05, 0) is 17.5 Å². The average Bonchev–Trinajstić information content (AvgIpc) is 2.53. The van der Waals surface area contributed by atoms with Gasteiger partial charge in [-0.15, -0.1) is 0 Å². The van der Waals surface area contributed by atoms with E-state index in [9.17, 15) is 8.42 Å². The van der Waals surface area contributed by atoms with Crippen LogP contribution in [0.2, 0.25) is 0 Å². The molecule has 1 N–H and O–H groups in total. The second-order valence-corrected chi connectivity index (χ2v) is 7.89. The predicted octanol–water partition coefficient (Wildman–Crippen LogP) is 3.48. The molecule has 0 aliphatic rings. The molecule has 112 valence electrons. The number of alkyl halides is 1. The van der Waals surface area contributed by atoms with Crippen LogP contribution in [0.5, 0.6) is 0 Å². The molecule has 0 heterocycles. The van der Waals surface area contributed by atoms with E-state index in [4.69, 9.17) is 0 Å². The molecule has 2 rings (SSSR count). The van der Waals surface area contributed by atoms with Gasteiger partial charge in [0.25, 0.3) is 0 Å². The number of nitrogens with one attached hydrogen (secondary N) is 1. The van der Waals surface area contributed by atoms with Crippen molar-refractivity contribution in [2.75, 3.05) is 11.2 Å². The van der Waals surface area contributed by atoms with Gasteiger partial charge in [-0.1, -0.05) is 76.6 Å². The van der Waals surface area contributed by atoms with Crippen LogP contribution in [-0.4, -0.2) is 19.6 Å². The Morgan fingerprint density at radius 3 is 1.81 bits per heavy atom. The monoisotopic (exact) mass is 367 g/mol. The molecule has 3 nitrogen and oxygen atoms in total. The number of hydrogen-bond acceptors (Lipinski definition) is 2. The highest BCUT2D eigenvalue weighted by atomic mass is 79.9. The van der Waals surface area contributed by atoms with Gasteiger partial charge < -0.3 is 0 Å². The Bertz CT molecular complexity index is 605. The van der Waals surface area contributed by atoms with Crippen molar-refractivity contribution < 1.29 is 8.42 Å². The number of sulfonamides is 1. The highest BCUT2D eigenvalue weighted by molar-refractivity contribution is 9.10. The largest absolute Gasteiger partial charge is 0.221 e. The molecule has 0 saturated carbocycles. The van der Waals surface area contributed by atoms with E-state index >= 15 is 0 Å². The number of benzene rings is 2. The molecule has 0 atom stereocenters. The third-order valence-corrected chi connectivity index (χ3v) is 6.04. The molecule has 0 unspecified atom stereocenters. The molecule has 2 aromatic carbocycles. The van der Waals surface area contributed by atoms with Crippen molar-refractivity contribution in [3.8, 4) is 0 Å². The summed E-state index contributed by atoms with van der Waals surface area (Å²) < 4.78 is 25.5. The van der Waals surface area contributed by atoms with Crippen LogP contribution >= 0.6 is 15.9 Å². The maximum Gasteiger partial charge on any atom is 0.221 e. The maximum absolute atomic E-state index is 11.5. The molecule has 0 saturated heterocycles. The quantitative estimate of drug-likeness (QED) is 0.761. The predicted molar refractivity (Wildman–Crippen MR) is 90.1 cm³/mol. The molecular formula is C16H18BrNO2S. The summed E-state index contributed by atoms with van der Waals surface area (Å²) in [5.74, 6) is 0.186. The summed E-state index contributed by atoms with van der Waals surface area (Å²) in [5, 5.41) is 0. The van der Waals surface area contributed by atoms with E-state index < -0.39 is 10.0 Å².